The summed E-state index contributed by atoms with van der Waals surface area (Å²) in [6.07, 6.45) is 0. The molecule has 0 radical (unpaired) electrons. The van der Waals surface area contributed by atoms with Gasteiger partial charge in [-0.25, -0.2) is 0 Å². The second kappa shape index (κ2) is 9.01. The Morgan fingerprint density at radius 3 is 2.47 bits per heavy atom. The first-order chi connectivity index (χ1) is 14.5. The highest BCUT2D eigenvalue weighted by atomic mass is 32.2. The van der Waals surface area contributed by atoms with Crippen LogP contribution in [-0.4, -0.2) is 68.3 Å². The molecular formula is C21H23N5O2S2. The van der Waals surface area contributed by atoms with Gasteiger partial charge in [-0.15, -0.1) is 21.5 Å². The summed E-state index contributed by atoms with van der Waals surface area (Å²) in [6.45, 7) is 4.29. The summed E-state index contributed by atoms with van der Waals surface area (Å²) in [4.78, 5) is 29.5. The predicted octanol–water partition coefficient (Wildman–Crippen LogP) is 2.93. The average molecular weight is 442 g/mol. The van der Waals surface area contributed by atoms with Crippen molar-refractivity contribution in [1.82, 2.24) is 24.6 Å². The summed E-state index contributed by atoms with van der Waals surface area (Å²) in [7, 11) is 1.92. The highest BCUT2D eigenvalue weighted by Crippen LogP contribution is 2.25. The zero-order valence-corrected chi connectivity index (χ0v) is 18.6. The van der Waals surface area contributed by atoms with E-state index in [1.165, 1.54) is 23.1 Å². The summed E-state index contributed by atoms with van der Waals surface area (Å²) < 4.78 is 1.93. The topological polar surface area (TPSA) is 71.3 Å². The van der Waals surface area contributed by atoms with Crippen LogP contribution in [-0.2, 0) is 11.8 Å². The van der Waals surface area contributed by atoms with Crippen molar-refractivity contribution in [2.45, 2.75) is 12.1 Å². The summed E-state index contributed by atoms with van der Waals surface area (Å²) in [5.41, 5.74) is 2.17. The van der Waals surface area contributed by atoms with Gasteiger partial charge in [0.25, 0.3) is 5.91 Å². The van der Waals surface area contributed by atoms with E-state index >= 15 is 0 Å². The van der Waals surface area contributed by atoms with Crippen molar-refractivity contribution >= 4 is 34.9 Å². The maximum Gasteiger partial charge on any atom is 0.264 e. The normalized spacial score (nSPS) is 14.2. The van der Waals surface area contributed by atoms with Gasteiger partial charge in [0, 0.05) is 38.8 Å². The van der Waals surface area contributed by atoms with Crippen LogP contribution in [0.3, 0.4) is 0 Å². The van der Waals surface area contributed by atoms with E-state index in [-0.39, 0.29) is 11.8 Å². The summed E-state index contributed by atoms with van der Waals surface area (Å²) in [5, 5.41) is 11.2. The van der Waals surface area contributed by atoms with E-state index in [2.05, 4.69) is 10.2 Å². The van der Waals surface area contributed by atoms with Crippen LogP contribution in [0.25, 0.3) is 11.4 Å². The van der Waals surface area contributed by atoms with Crippen molar-refractivity contribution in [3.05, 3.63) is 52.2 Å². The van der Waals surface area contributed by atoms with Crippen LogP contribution in [0.1, 0.15) is 15.2 Å². The molecule has 1 aliphatic rings. The minimum absolute atomic E-state index is 0.0503. The zero-order chi connectivity index (χ0) is 21.1. The number of benzene rings is 1. The fourth-order valence-electron chi connectivity index (χ4n) is 3.43. The molecule has 0 spiro atoms. The number of thioether (sulfide) groups is 1. The van der Waals surface area contributed by atoms with Crippen molar-refractivity contribution in [1.29, 1.82) is 0 Å². The van der Waals surface area contributed by atoms with Crippen molar-refractivity contribution in [2.75, 3.05) is 31.9 Å². The number of carbonyl (C=O) groups is 2. The minimum atomic E-state index is 0.0503. The highest BCUT2D eigenvalue weighted by Gasteiger charge is 2.25. The maximum atomic E-state index is 12.7. The number of thiophene rings is 1. The minimum Gasteiger partial charge on any atom is -0.338 e. The highest BCUT2D eigenvalue weighted by molar-refractivity contribution is 7.99. The number of nitrogens with zero attached hydrogens (tertiary/aromatic N) is 5. The van der Waals surface area contributed by atoms with Crippen LogP contribution in [0.4, 0.5) is 0 Å². The lowest BCUT2D eigenvalue weighted by Gasteiger charge is -2.34. The summed E-state index contributed by atoms with van der Waals surface area (Å²) in [6, 6.07) is 11.8. The Bertz CT molecular complexity index is 1040. The molecule has 2 amide bonds. The molecule has 156 valence electrons. The monoisotopic (exact) mass is 441 g/mol. The van der Waals surface area contributed by atoms with Crippen LogP contribution in [0, 0.1) is 6.92 Å². The number of aryl methyl sites for hydroxylation is 1. The van der Waals surface area contributed by atoms with E-state index in [9.17, 15) is 9.59 Å². The van der Waals surface area contributed by atoms with Crippen LogP contribution in [0.5, 0.6) is 0 Å². The predicted molar refractivity (Wildman–Crippen MR) is 119 cm³/mol. The third-order valence-electron chi connectivity index (χ3n) is 5.20. The quantitative estimate of drug-likeness (QED) is 0.570. The number of rotatable bonds is 5. The molecular weight excluding hydrogens is 418 g/mol. The number of hydrogen-bond acceptors (Lipinski definition) is 6. The lowest BCUT2D eigenvalue weighted by Crippen LogP contribution is -2.51. The number of amides is 2. The molecule has 0 atom stereocenters. The molecule has 0 aliphatic carbocycles. The lowest BCUT2D eigenvalue weighted by atomic mass is 10.1. The Morgan fingerprint density at radius 1 is 1.03 bits per heavy atom. The molecule has 7 nitrogen and oxygen atoms in total. The largest absolute Gasteiger partial charge is 0.338 e. The average Bonchev–Trinajstić information content (AvgIpc) is 3.42. The van der Waals surface area contributed by atoms with Gasteiger partial charge in [0.15, 0.2) is 11.0 Å². The van der Waals surface area contributed by atoms with E-state index in [1.807, 2.05) is 70.1 Å². The molecule has 30 heavy (non-hydrogen) atoms. The van der Waals surface area contributed by atoms with Gasteiger partial charge in [0.1, 0.15) is 0 Å². The van der Waals surface area contributed by atoms with Gasteiger partial charge in [-0.3, -0.25) is 9.59 Å². The van der Waals surface area contributed by atoms with Gasteiger partial charge in [-0.1, -0.05) is 42.1 Å². The molecule has 4 rings (SSSR count). The Hall–Kier alpha value is -2.65. The molecule has 0 N–H and O–H groups in total. The molecule has 3 heterocycles. The van der Waals surface area contributed by atoms with E-state index in [0.717, 1.165) is 21.8 Å². The second-order valence-corrected chi connectivity index (χ2v) is 9.01. The molecule has 1 saturated heterocycles. The van der Waals surface area contributed by atoms with Crippen LogP contribution in [0.2, 0.25) is 0 Å². The molecule has 1 aromatic carbocycles. The Balaban J connectivity index is 1.32. The van der Waals surface area contributed by atoms with E-state index in [1.54, 1.807) is 0 Å². The van der Waals surface area contributed by atoms with Gasteiger partial charge in [0.05, 0.1) is 10.6 Å². The summed E-state index contributed by atoms with van der Waals surface area (Å²) >= 11 is 2.84. The van der Waals surface area contributed by atoms with Crippen LogP contribution in [0.15, 0.2) is 46.9 Å². The first-order valence-electron chi connectivity index (χ1n) is 9.73. The SMILES string of the molecule is Cc1ccccc1-c1nnc(SCC(=O)N2CCN(C(=O)c3cccs3)CC2)n1C. The van der Waals surface area contributed by atoms with Crippen molar-refractivity contribution < 1.29 is 9.59 Å². The Morgan fingerprint density at radius 2 is 1.77 bits per heavy atom. The Labute approximate surface area is 183 Å². The molecule has 0 bridgehead atoms. The Kier molecular flexibility index (Phi) is 6.19. The van der Waals surface area contributed by atoms with E-state index < -0.39 is 0 Å². The smallest absolute Gasteiger partial charge is 0.264 e. The number of hydrogen-bond donors (Lipinski definition) is 0. The molecule has 0 unspecified atom stereocenters. The number of carbonyl (C=O) groups excluding carboxylic acids is 2. The van der Waals surface area contributed by atoms with Crippen LogP contribution < -0.4 is 0 Å². The van der Waals surface area contributed by atoms with E-state index in [4.69, 9.17) is 0 Å². The third-order valence-corrected chi connectivity index (χ3v) is 7.06. The van der Waals surface area contributed by atoms with Gasteiger partial charge in [-0.05, 0) is 23.9 Å². The van der Waals surface area contributed by atoms with Gasteiger partial charge in [-0.2, -0.15) is 0 Å². The molecule has 1 aliphatic heterocycles. The van der Waals surface area contributed by atoms with Crippen molar-refractivity contribution in [2.24, 2.45) is 7.05 Å². The fraction of sp³-hybridized carbons (Fsp3) is 0.333. The first-order valence-corrected chi connectivity index (χ1v) is 11.6. The van der Waals surface area contributed by atoms with Crippen LogP contribution >= 0.6 is 23.1 Å². The van der Waals surface area contributed by atoms with Crippen molar-refractivity contribution in [3.8, 4) is 11.4 Å². The number of piperazine rings is 1. The zero-order valence-electron chi connectivity index (χ0n) is 16.9. The summed E-state index contributed by atoms with van der Waals surface area (Å²) in [5.74, 6) is 1.21. The van der Waals surface area contributed by atoms with E-state index in [0.29, 0.717) is 37.1 Å². The third kappa shape index (κ3) is 4.27. The standard InChI is InChI=1S/C21H23N5O2S2/c1-15-6-3-4-7-16(15)19-22-23-21(24(19)2)30-14-18(27)25-9-11-26(12-10-25)20(28)17-8-5-13-29-17/h3-8,13H,9-12,14H2,1-2H3. The van der Waals surface area contributed by atoms with Crippen molar-refractivity contribution in [3.63, 3.8) is 0 Å². The molecule has 2 aromatic heterocycles. The lowest BCUT2D eigenvalue weighted by molar-refractivity contribution is -0.129. The van der Waals surface area contributed by atoms with Gasteiger partial charge < -0.3 is 14.4 Å². The maximum absolute atomic E-state index is 12.7. The molecule has 3 aromatic rings. The molecule has 0 saturated carbocycles. The second-order valence-electron chi connectivity index (χ2n) is 7.12. The number of aromatic nitrogens is 3. The molecule has 9 heteroatoms. The van der Waals surface area contributed by atoms with Gasteiger partial charge >= 0.3 is 0 Å². The molecule has 1 fully saturated rings. The fourth-order valence-corrected chi connectivity index (χ4v) is 4.94. The first kappa shape index (κ1) is 20.6. The van der Waals surface area contributed by atoms with Gasteiger partial charge in [0.2, 0.25) is 5.91 Å².